The van der Waals surface area contributed by atoms with Gasteiger partial charge in [0, 0.05) is 44.0 Å². The highest BCUT2D eigenvalue weighted by molar-refractivity contribution is 7.17. The number of piperazine rings is 1. The SMILES string of the molecule is COc1ccc(CN2CCN(CCOCC(O)c3ccc4sccc4c3)CC2)cc1. The standard InChI is InChI=1S/C24H30N2O3S/c1-28-22-5-2-19(3-6-22)17-26-11-9-25(10-12-26)13-14-29-18-23(27)20-4-7-24-21(16-20)8-15-30-24/h2-8,15-16,23,27H,9-14,17-18H2,1H3. The summed E-state index contributed by atoms with van der Waals surface area (Å²) in [6.45, 7) is 7.11. The smallest absolute Gasteiger partial charge is 0.118 e. The van der Waals surface area contributed by atoms with Gasteiger partial charge in [-0.25, -0.2) is 0 Å². The van der Waals surface area contributed by atoms with Gasteiger partial charge in [0.1, 0.15) is 11.9 Å². The van der Waals surface area contributed by atoms with Gasteiger partial charge in [0.2, 0.25) is 0 Å². The first kappa shape index (κ1) is 21.3. The second kappa shape index (κ2) is 10.4. The number of fused-ring (bicyclic) bond motifs is 1. The molecule has 0 aliphatic carbocycles. The number of ether oxygens (including phenoxy) is 2. The van der Waals surface area contributed by atoms with Crippen LogP contribution in [0.5, 0.6) is 5.75 Å². The van der Waals surface area contributed by atoms with Gasteiger partial charge in [-0.2, -0.15) is 0 Å². The molecule has 2 heterocycles. The van der Waals surface area contributed by atoms with Gasteiger partial charge in [-0.15, -0.1) is 11.3 Å². The van der Waals surface area contributed by atoms with Crippen LogP contribution in [0, 0.1) is 0 Å². The molecule has 0 spiro atoms. The van der Waals surface area contributed by atoms with Crippen LogP contribution in [-0.2, 0) is 11.3 Å². The fraction of sp³-hybridized carbons (Fsp3) is 0.417. The molecule has 30 heavy (non-hydrogen) atoms. The van der Waals surface area contributed by atoms with Gasteiger partial charge in [-0.3, -0.25) is 9.80 Å². The average molecular weight is 427 g/mol. The Labute approximate surface area is 182 Å². The van der Waals surface area contributed by atoms with Gasteiger partial charge in [-0.05, 0) is 52.2 Å². The summed E-state index contributed by atoms with van der Waals surface area (Å²) in [5.41, 5.74) is 2.25. The molecule has 4 rings (SSSR count). The maximum Gasteiger partial charge on any atom is 0.118 e. The molecule has 6 heteroatoms. The van der Waals surface area contributed by atoms with Crippen LogP contribution in [-0.4, -0.2) is 68.0 Å². The lowest BCUT2D eigenvalue weighted by molar-refractivity contribution is 0.0197. The molecule has 1 aliphatic heterocycles. The second-order valence-electron chi connectivity index (χ2n) is 7.77. The van der Waals surface area contributed by atoms with E-state index in [1.54, 1.807) is 18.4 Å². The second-order valence-corrected chi connectivity index (χ2v) is 8.72. The number of rotatable bonds is 9. The zero-order valence-corrected chi connectivity index (χ0v) is 18.3. The first-order valence-electron chi connectivity index (χ1n) is 10.5. The Morgan fingerprint density at radius 3 is 2.53 bits per heavy atom. The van der Waals surface area contributed by atoms with Crippen LogP contribution in [0.2, 0.25) is 0 Å². The highest BCUT2D eigenvalue weighted by atomic mass is 32.1. The number of aliphatic hydroxyl groups excluding tert-OH is 1. The molecule has 0 saturated carbocycles. The molecule has 0 amide bonds. The summed E-state index contributed by atoms with van der Waals surface area (Å²) >= 11 is 1.72. The van der Waals surface area contributed by atoms with Crippen molar-refractivity contribution >= 4 is 21.4 Å². The molecule has 1 fully saturated rings. The maximum absolute atomic E-state index is 10.4. The molecule has 2 aromatic carbocycles. The summed E-state index contributed by atoms with van der Waals surface area (Å²) in [6.07, 6.45) is -0.573. The summed E-state index contributed by atoms with van der Waals surface area (Å²) in [6, 6.07) is 16.5. The molecule has 1 atom stereocenters. The quantitative estimate of drug-likeness (QED) is 0.528. The van der Waals surface area contributed by atoms with Crippen molar-refractivity contribution in [3.63, 3.8) is 0 Å². The lowest BCUT2D eigenvalue weighted by Crippen LogP contribution is -2.46. The molecule has 1 saturated heterocycles. The summed E-state index contributed by atoms with van der Waals surface area (Å²) in [4.78, 5) is 4.93. The van der Waals surface area contributed by atoms with E-state index in [9.17, 15) is 5.11 Å². The number of methoxy groups -OCH3 is 1. The Bertz CT molecular complexity index is 920. The molecule has 160 valence electrons. The minimum atomic E-state index is -0.573. The van der Waals surface area contributed by atoms with Crippen LogP contribution in [0.3, 0.4) is 0 Å². The maximum atomic E-state index is 10.4. The first-order valence-corrected chi connectivity index (χ1v) is 11.4. The molecular weight excluding hydrogens is 396 g/mol. The summed E-state index contributed by atoms with van der Waals surface area (Å²) < 4.78 is 12.3. The minimum Gasteiger partial charge on any atom is -0.497 e. The van der Waals surface area contributed by atoms with Gasteiger partial charge < -0.3 is 14.6 Å². The third-order valence-corrected chi connectivity index (χ3v) is 6.62. The Hall–Kier alpha value is -1.96. The number of nitrogens with zero attached hydrogens (tertiary/aromatic N) is 2. The number of thiophene rings is 1. The number of hydrogen-bond donors (Lipinski definition) is 1. The number of hydrogen-bond acceptors (Lipinski definition) is 6. The fourth-order valence-corrected chi connectivity index (χ4v) is 4.61. The Morgan fingerprint density at radius 1 is 1.00 bits per heavy atom. The van der Waals surface area contributed by atoms with Gasteiger partial charge in [-0.1, -0.05) is 18.2 Å². The van der Waals surface area contributed by atoms with Crippen molar-refractivity contribution in [2.24, 2.45) is 0 Å². The van der Waals surface area contributed by atoms with Crippen LogP contribution in [0.1, 0.15) is 17.2 Å². The van der Waals surface area contributed by atoms with E-state index in [2.05, 4.69) is 45.5 Å². The Kier molecular flexibility index (Phi) is 7.36. The predicted octanol–water partition coefficient (Wildman–Crippen LogP) is 3.78. The fourth-order valence-electron chi connectivity index (χ4n) is 3.84. The molecule has 0 radical (unpaired) electrons. The molecule has 1 aromatic heterocycles. The van der Waals surface area contributed by atoms with Crippen molar-refractivity contribution in [3.05, 3.63) is 65.0 Å². The lowest BCUT2D eigenvalue weighted by atomic mass is 10.1. The van der Waals surface area contributed by atoms with E-state index in [1.165, 1.54) is 15.6 Å². The third-order valence-electron chi connectivity index (χ3n) is 5.72. The van der Waals surface area contributed by atoms with Crippen LogP contribution in [0.25, 0.3) is 10.1 Å². The average Bonchev–Trinajstić information content (AvgIpc) is 3.26. The lowest BCUT2D eigenvalue weighted by Gasteiger charge is -2.34. The van der Waals surface area contributed by atoms with E-state index in [0.29, 0.717) is 13.2 Å². The topological polar surface area (TPSA) is 45.2 Å². The molecule has 1 N–H and O–H groups in total. The monoisotopic (exact) mass is 426 g/mol. The normalized spacial score (nSPS) is 16.7. The Balaban J connectivity index is 1.13. The van der Waals surface area contributed by atoms with E-state index in [0.717, 1.165) is 50.6 Å². The Morgan fingerprint density at radius 2 is 1.77 bits per heavy atom. The number of aliphatic hydroxyl groups is 1. The van der Waals surface area contributed by atoms with Crippen molar-refractivity contribution in [1.29, 1.82) is 0 Å². The minimum absolute atomic E-state index is 0.340. The van der Waals surface area contributed by atoms with E-state index in [1.807, 2.05) is 18.2 Å². The van der Waals surface area contributed by atoms with Gasteiger partial charge in [0.25, 0.3) is 0 Å². The first-order chi connectivity index (χ1) is 14.7. The van der Waals surface area contributed by atoms with E-state index < -0.39 is 6.10 Å². The zero-order chi connectivity index (χ0) is 20.8. The summed E-state index contributed by atoms with van der Waals surface area (Å²) in [5.74, 6) is 0.903. The van der Waals surface area contributed by atoms with Gasteiger partial charge >= 0.3 is 0 Å². The van der Waals surface area contributed by atoms with Gasteiger partial charge in [0.05, 0.1) is 20.3 Å². The number of benzene rings is 2. The highest BCUT2D eigenvalue weighted by Crippen LogP contribution is 2.24. The van der Waals surface area contributed by atoms with Crippen molar-refractivity contribution in [1.82, 2.24) is 9.80 Å². The van der Waals surface area contributed by atoms with Crippen LogP contribution in [0.4, 0.5) is 0 Å². The van der Waals surface area contributed by atoms with E-state index >= 15 is 0 Å². The van der Waals surface area contributed by atoms with Gasteiger partial charge in [0.15, 0.2) is 0 Å². The molecular formula is C24H30N2O3S. The molecule has 1 aliphatic rings. The summed E-state index contributed by atoms with van der Waals surface area (Å²) in [5, 5.41) is 13.7. The van der Waals surface area contributed by atoms with E-state index in [-0.39, 0.29) is 0 Å². The third kappa shape index (κ3) is 5.59. The van der Waals surface area contributed by atoms with E-state index in [4.69, 9.17) is 9.47 Å². The predicted molar refractivity (Wildman–Crippen MR) is 122 cm³/mol. The largest absolute Gasteiger partial charge is 0.497 e. The van der Waals surface area contributed by atoms with Crippen LogP contribution >= 0.6 is 11.3 Å². The van der Waals surface area contributed by atoms with Crippen LogP contribution in [0.15, 0.2) is 53.9 Å². The van der Waals surface area contributed by atoms with Crippen molar-refractivity contribution in [2.75, 3.05) is 53.0 Å². The van der Waals surface area contributed by atoms with Crippen molar-refractivity contribution in [3.8, 4) is 5.75 Å². The molecule has 5 nitrogen and oxygen atoms in total. The summed E-state index contributed by atoms with van der Waals surface area (Å²) in [7, 11) is 1.70. The molecule has 0 bridgehead atoms. The van der Waals surface area contributed by atoms with Crippen molar-refractivity contribution in [2.45, 2.75) is 12.6 Å². The molecule has 1 unspecified atom stereocenters. The van der Waals surface area contributed by atoms with Crippen molar-refractivity contribution < 1.29 is 14.6 Å². The molecule has 3 aromatic rings. The zero-order valence-electron chi connectivity index (χ0n) is 17.5. The highest BCUT2D eigenvalue weighted by Gasteiger charge is 2.17. The van der Waals surface area contributed by atoms with Crippen LogP contribution < -0.4 is 4.74 Å².